The summed E-state index contributed by atoms with van der Waals surface area (Å²) in [5.41, 5.74) is 1.48. The molecule has 2 aromatic rings. The highest BCUT2D eigenvalue weighted by Gasteiger charge is 2.65. The van der Waals surface area contributed by atoms with Crippen LogP contribution in [0.3, 0.4) is 0 Å². The number of imide groups is 1. The van der Waals surface area contributed by atoms with Gasteiger partial charge in [0.15, 0.2) is 0 Å². The molecule has 2 saturated heterocycles. The van der Waals surface area contributed by atoms with Crippen molar-refractivity contribution in [1.82, 2.24) is 9.80 Å². The molecule has 4 atom stereocenters. The third-order valence-electron chi connectivity index (χ3n) is 6.22. The summed E-state index contributed by atoms with van der Waals surface area (Å²) in [4.78, 5) is 55.8. The summed E-state index contributed by atoms with van der Waals surface area (Å²) in [5, 5.41) is 2.80. The van der Waals surface area contributed by atoms with Crippen molar-refractivity contribution in [3.05, 3.63) is 64.1 Å². The van der Waals surface area contributed by atoms with Crippen LogP contribution >= 0.6 is 15.9 Å². The quantitative estimate of drug-likeness (QED) is 0.687. The molecular weight excluding hydrogens is 450 g/mol. The van der Waals surface area contributed by atoms with E-state index in [1.165, 1.54) is 9.80 Å². The molecule has 0 bridgehead atoms. The third kappa shape index (κ3) is 2.49. The fourth-order valence-electron chi connectivity index (χ4n) is 4.96. The van der Waals surface area contributed by atoms with E-state index in [1.807, 2.05) is 24.3 Å². The first-order valence-electron chi connectivity index (χ1n) is 9.77. The molecule has 0 aliphatic carbocycles. The van der Waals surface area contributed by atoms with Crippen LogP contribution in [0, 0.1) is 11.8 Å². The van der Waals surface area contributed by atoms with Crippen molar-refractivity contribution in [3.8, 4) is 0 Å². The van der Waals surface area contributed by atoms with Crippen LogP contribution in [0.1, 0.15) is 28.9 Å². The molecule has 30 heavy (non-hydrogen) atoms. The first kappa shape index (κ1) is 19.0. The van der Waals surface area contributed by atoms with Gasteiger partial charge in [-0.15, -0.1) is 0 Å². The number of amides is 4. The van der Waals surface area contributed by atoms with Gasteiger partial charge in [-0.3, -0.25) is 24.1 Å². The zero-order chi connectivity index (χ0) is 21.2. The molecule has 2 fully saturated rings. The number of carbonyl (C=O) groups is 4. The number of benzene rings is 2. The third-order valence-corrected chi connectivity index (χ3v) is 6.74. The second-order valence-electron chi connectivity index (χ2n) is 7.66. The topological polar surface area (TPSA) is 86.8 Å². The minimum atomic E-state index is -1.04. The summed E-state index contributed by atoms with van der Waals surface area (Å²) in [6.07, 6.45) is 0. The van der Waals surface area contributed by atoms with Crippen molar-refractivity contribution < 1.29 is 19.2 Å². The van der Waals surface area contributed by atoms with E-state index in [-0.39, 0.29) is 18.4 Å². The van der Waals surface area contributed by atoms with Crippen LogP contribution < -0.4 is 5.32 Å². The largest absolute Gasteiger partial charge is 0.324 e. The lowest BCUT2D eigenvalue weighted by Gasteiger charge is -2.31. The minimum absolute atomic E-state index is 0.236. The number of hydrogen-bond acceptors (Lipinski definition) is 4. The number of carbonyl (C=O) groups excluding carboxylic acids is 4. The second kappa shape index (κ2) is 6.77. The number of para-hydroxylation sites is 1. The highest BCUT2D eigenvalue weighted by atomic mass is 79.9. The van der Waals surface area contributed by atoms with Crippen LogP contribution in [-0.4, -0.2) is 46.0 Å². The highest BCUT2D eigenvalue weighted by Crippen LogP contribution is 2.51. The number of rotatable bonds is 2. The van der Waals surface area contributed by atoms with Gasteiger partial charge in [0, 0.05) is 11.0 Å². The van der Waals surface area contributed by atoms with Crippen LogP contribution in [0.25, 0.3) is 0 Å². The minimum Gasteiger partial charge on any atom is -0.324 e. The number of nitrogens with zero attached hydrogens (tertiary/aromatic N) is 2. The Labute approximate surface area is 181 Å². The van der Waals surface area contributed by atoms with Gasteiger partial charge in [-0.25, -0.2) is 0 Å². The molecule has 0 unspecified atom stereocenters. The summed E-state index contributed by atoms with van der Waals surface area (Å²) in [6.45, 7) is 1.97. The van der Waals surface area contributed by atoms with E-state index in [9.17, 15) is 19.2 Å². The van der Waals surface area contributed by atoms with E-state index in [1.54, 1.807) is 31.2 Å². The number of likely N-dealkylation sites (tertiary alicyclic amines) is 1. The molecular formula is C22H18BrN3O4. The lowest BCUT2D eigenvalue weighted by Crippen LogP contribution is -2.48. The van der Waals surface area contributed by atoms with Crippen molar-refractivity contribution >= 4 is 45.2 Å². The number of hydrogen-bond donors (Lipinski definition) is 1. The Morgan fingerprint density at radius 3 is 2.20 bits per heavy atom. The van der Waals surface area contributed by atoms with Crippen molar-refractivity contribution in [2.75, 3.05) is 11.9 Å². The van der Waals surface area contributed by atoms with E-state index in [2.05, 4.69) is 21.2 Å². The van der Waals surface area contributed by atoms with Crippen LogP contribution in [0.15, 0.2) is 53.0 Å². The van der Waals surface area contributed by atoms with Gasteiger partial charge in [0.05, 0.1) is 29.1 Å². The van der Waals surface area contributed by atoms with Gasteiger partial charge in [-0.1, -0.05) is 40.2 Å². The molecule has 5 rings (SSSR count). The Hall–Kier alpha value is -3.00. The molecule has 1 N–H and O–H groups in total. The Morgan fingerprint density at radius 1 is 0.900 bits per heavy atom. The van der Waals surface area contributed by atoms with E-state index in [0.29, 0.717) is 11.3 Å². The second-order valence-corrected chi connectivity index (χ2v) is 8.58. The molecule has 0 spiro atoms. The van der Waals surface area contributed by atoms with Crippen LogP contribution in [0.2, 0.25) is 0 Å². The fourth-order valence-corrected chi connectivity index (χ4v) is 5.23. The lowest BCUT2D eigenvalue weighted by atomic mass is 9.86. The van der Waals surface area contributed by atoms with Gasteiger partial charge in [0.1, 0.15) is 6.04 Å². The van der Waals surface area contributed by atoms with Gasteiger partial charge < -0.3 is 10.2 Å². The normalized spacial score (nSPS) is 27.5. The number of anilines is 1. The van der Waals surface area contributed by atoms with Crippen molar-refractivity contribution in [3.63, 3.8) is 0 Å². The molecule has 3 heterocycles. The van der Waals surface area contributed by atoms with Gasteiger partial charge in [0.25, 0.3) is 5.91 Å². The molecule has 2 aromatic carbocycles. The van der Waals surface area contributed by atoms with Crippen molar-refractivity contribution in [1.29, 1.82) is 0 Å². The maximum absolute atomic E-state index is 13.6. The Balaban J connectivity index is 1.72. The molecule has 0 aromatic heterocycles. The first-order valence-corrected chi connectivity index (χ1v) is 10.6. The van der Waals surface area contributed by atoms with Crippen LogP contribution in [0.5, 0.6) is 0 Å². The smallest absolute Gasteiger partial charge is 0.257 e. The fraction of sp³-hybridized carbons (Fsp3) is 0.273. The van der Waals surface area contributed by atoms with E-state index in [4.69, 9.17) is 0 Å². The van der Waals surface area contributed by atoms with E-state index < -0.39 is 35.7 Å². The van der Waals surface area contributed by atoms with Gasteiger partial charge in [-0.05, 0) is 36.8 Å². The van der Waals surface area contributed by atoms with E-state index >= 15 is 0 Å². The predicted molar refractivity (Wildman–Crippen MR) is 111 cm³/mol. The maximum Gasteiger partial charge on any atom is 0.257 e. The van der Waals surface area contributed by atoms with Crippen LogP contribution in [0.4, 0.5) is 5.69 Å². The molecule has 4 amide bonds. The molecule has 0 radical (unpaired) electrons. The monoisotopic (exact) mass is 467 g/mol. The summed E-state index contributed by atoms with van der Waals surface area (Å²) < 4.78 is 0.853. The standard InChI is InChI=1S/C22H18BrN3O4/c1-2-25-21(29)15-16(22(25)30)18-19(27)24-14-6-4-3-5-13(14)20(28)26(18)17(15)11-7-9-12(23)10-8-11/h3-10,15-18H,2H2,1H3,(H,24,27)/t15-,16+,17-,18-/m1/s1. The van der Waals surface area contributed by atoms with Crippen molar-refractivity contribution in [2.45, 2.75) is 19.0 Å². The highest BCUT2D eigenvalue weighted by molar-refractivity contribution is 9.10. The lowest BCUT2D eigenvalue weighted by molar-refractivity contribution is -0.142. The average molecular weight is 468 g/mol. The average Bonchev–Trinajstić information content (AvgIpc) is 3.18. The summed E-state index contributed by atoms with van der Waals surface area (Å²) in [5.74, 6) is -3.21. The van der Waals surface area contributed by atoms with Gasteiger partial charge in [0.2, 0.25) is 17.7 Å². The molecule has 152 valence electrons. The first-order chi connectivity index (χ1) is 14.4. The van der Waals surface area contributed by atoms with Crippen LogP contribution in [-0.2, 0) is 14.4 Å². The van der Waals surface area contributed by atoms with Crippen molar-refractivity contribution in [2.24, 2.45) is 11.8 Å². The summed E-state index contributed by atoms with van der Waals surface area (Å²) >= 11 is 3.40. The number of fused-ring (bicyclic) bond motifs is 4. The SMILES string of the molecule is CCN1C(=O)[C@@H]2[C@H](C1=O)[C@@H]1C(=O)Nc3ccccc3C(=O)N1[C@@H]2c1ccc(Br)cc1. The number of halogens is 1. The van der Waals surface area contributed by atoms with E-state index in [0.717, 1.165) is 10.0 Å². The Kier molecular flexibility index (Phi) is 4.28. The Bertz CT molecular complexity index is 1100. The molecule has 7 nitrogen and oxygen atoms in total. The summed E-state index contributed by atoms with van der Waals surface area (Å²) in [6, 6.07) is 12.3. The molecule has 3 aliphatic rings. The zero-order valence-electron chi connectivity index (χ0n) is 16.0. The number of nitrogens with one attached hydrogen (secondary N) is 1. The summed E-state index contributed by atoms with van der Waals surface area (Å²) in [7, 11) is 0. The van der Waals surface area contributed by atoms with Gasteiger partial charge >= 0.3 is 0 Å². The molecule has 0 saturated carbocycles. The maximum atomic E-state index is 13.6. The molecule has 8 heteroatoms. The molecule has 3 aliphatic heterocycles. The Morgan fingerprint density at radius 2 is 1.53 bits per heavy atom. The predicted octanol–water partition coefficient (Wildman–Crippen LogP) is 2.59. The van der Waals surface area contributed by atoms with Gasteiger partial charge in [-0.2, -0.15) is 0 Å². The zero-order valence-corrected chi connectivity index (χ0v) is 17.6.